The molecule has 0 amide bonds. The molecule has 2 unspecified atom stereocenters. The van der Waals surface area contributed by atoms with Crippen LogP contribution >= 0.6 is 0 Å². The minimum atomic E-state index is -0.322. The van der Waals surface area contributed by atoms with Crippen LogP contribution in [0.2, 0.25) is 0 Å². The molecule has 2 atom stereocenters. The lowest BCUT2D eigenvalue weighted by Crippen LogP contribution is -2.38. The van der Waals surface area contributed by atoms with Gasteiger partial charge in [0.05, 0.1) is 0 Å². The van der Waals surface area contributed by atoms with E-state index < -0.39 is 0 Å². The van der Waals surface area contributed by atoms with Crippen LogP contribution in [0, 0.1) is 11.8 Å². The number of hydrogen-bond acceptors (Lipinski definition) is 2. The summed E-state index contributed by atoms with van der Waals surface area (Å²) in [5.74, 6) is 0.666. The Balaban J connectivity index is 2.32. The first-order chi connectivity index (χ1) is 5.74. The minimum absolute atomic E-state index is 0.322. The Morgan fingerprint density at radius 1 is 1.33 bits per heavy atom. The molecule has 0 aromatic heterocycles. The monoisotopic (exact) mass is 168 g/mol. The van der Waals surface area contributed by atoms with Crippen LogP contribution in [0.3, 0.4) is 0 Å². The number of rotatable bonds is 2. The van der Waals surface area contributed by atoms with E-state index in [-0.39, 0.29) is 5.79 Å². The van der Waals surface area contributed by atoms with E-state index in [0.717, 1.165) is 6.42 Å². The summed E-state index contributed by atoms with van der Waals surface area (Å²) >= 11 is 0. The van der Waals surface area contributed by atoms with Gasteiger partial charge in [-0.05, 0) is 19.3 Å². The zero-order chi connectivity index (χ0) is 8.77. The van der Waals surface area contributed by atoms with E-state index in [0.29, 0.717) is 11.8 Å². The van der Waals surface area contributed by atoms with Crippen LogP contribution in [0.25, 0.3) is 0 Å². The average molecular weight is 168 g/mol. The zero-order valence-electron chi connectivity index (χ0n) is 7.80. The van der Waals surface area contributed by atoms with E-state index in [9.17, 15) is 0 Å². The zero-order valence-corrected chi connectivity index (χ0v) is 7.80. The quantitative estimate of drug-likeness (QED) is 0.463. The second-order valence-electron chi connectivity index (χ2n) is 3.82. The van der Waals surface area contributed by atoms with Crippen molar-refractivity contribution in [3.63, 3.8) is 0 Å². The van der Waals surface area contributed by atoms with Gasteiger partial charge in [-0.2, -0.15) is 0 Å². The summed E-state index contributed by atoms with van der Waals surface area (Å²) in [5, 5.41) is 0. The van der Waals surface area contributed by atoms with Crippen molar-refractivity contribution >= 4 is 0 Å². The number of ether oxygens (including phenoxy) is 2. The van der Waals surface area contributed by atoms with Gasteiger partial charge in [0.15, 0.2) is 5.79 Å². The standard InChI is InChI=1S/C10H16O2/c1-7-6-8-4-5-9(7)10(8,11-2)12-3/h8-9H,1,4-6H2,2-3H3. The highest BCUT2D eigenvalue weighted by Gasteiger charge is 2.57. The minimum Gasteiger partial charge on any atom is -0.352 e. The molecule has 0 spiro atoms. The molecule has 12 heavy (non-hydrogen) atoms. The maximum Gasteiger partial charge on any atom is 0.177 e. The first-order valence-electron chi connectivity index (χ1n) is 4.52. The molecule has 2 saturated carbocycles. The molecule has 2 aliphatic carbocycles. The van der Waals surface area contributed by atoms with E-state index in [1.807, 2.05) is 0 Å². The molecular weight excluding hydrogens is 152 g/mol. The maximum absolute atomic E-state index is 5.52. The molecule has 2 rings (SSSR count). The first-order valence-corrected chi connectivity index (χ1v) is 4.52. The van der Waals surface area contributed by atoms with Crippen molar-refractivity contribution in [2.45, 2.75) is 25.0 Å². The van der Waals surface area contributed by atoms with Gasteiger partial charge in [-0.15, -0.1) is 0 Å². The van der Waals surface area contributed by atoms with Gasteiger partial charge in [0, 0.05) is 26.1 Å². The van der Waals surface area contributed by atoms with E-state index in [2.05, 4.69) is 6.58 Å². The molecule has 2 fully saturated rings. The third-order valence-electron chi connectivity index (χ3n) is 3.50. The van der Waals surface area contributed by atoms with Crippen LogP contribution < -0.4 is 0 Å². The van der Waals surface area contributed by atoms with Crippen molar-refractivity contribution in [3.8, 4) is 0 Å². The van der Waals surface area contributed by atoms with Crippen LogP contribution in [0.5, 0.6) is 0 Å². The lowest BCUT2D eigenvalue weighted by molar-refractivity contribution is -0.232. The molecule has 2 aliphatic rings. The van der Waals surface area contributed by atoms with E-state index >= 15 is 0 Å². The van der Waals surface area contributed by atoms with Crippen molar-refractivity contribution in [1.82, 2.24) is 0 Å². The molecule has 2 nitrogen and oxygen atoms in total. The summed E-state index contributed by atoms with van der Waals surface area (Å²) < 4.78 is 11.0. The fraction of sp³-hybridized carbons (Fsp3) is 0.800. The van der Waals surface area contributed by atoms with Crippen molar-refractivity contribution in [2.24, 2.45) is 11.8 Å². The number of methoxy groups -OCH3 is 2. The Morgan fingerprint density at radius 2 is 2.00 bits per heavy atom. The van der Waals surface area contributed by atoms with Gasteiger partial charge < -0.3 is 9.47 Å². The fourth-order valence-electron chi connectivity index (χ4n) is 2.95. The van der Waals surface area contributed by atoms with Gasteiger partial charge in [-0.3, -0.25) is 0 Å². The fourth-order valence-corrected chi connectivity index (χ4v) is 2.95. The third-order valence-corrected chi connectivity index (χ3v) is 3.50. The van der Waals surface area contributed by atoms with E-state index in [1.54, 1.807) is 14.2 Å². The Labute approximate surface area is 73.5 Å². The molecule has 0 aromatic rings. The predicted molar refractivity (Wildman–Crippen MR) is 46.7 cm³/mol. The van der Waals surface area contributed by atoms with Crippen LogP contribution in [-0.2, 0) is 9.47 Å². The highest BCUT2D eigenvalue weighted by Crippen LogP contribution is 2.56. The van der Waals surface area contributed by atoms with Gasteiger partial charge in [0.25, 0.3) is 0 Å². The summed E-state index contributed by atoms with van der Waals surface area (Å²) in [6.45, 7) is 4.07. The van der Waals surface area contributed by atoms with E-state index in [4.69, 9.17) is 9.47 Å². The third kappa shape index (κ3) is 0.771. The molecule has 0 aromatic carbocycles. The largest absolute Gasteiger partial charge is 0.352 e. The predicted octanol–water partition coefficient (Wildman–Crippen LogP) is 1.96. The maximum atomic E-state index is 5.52. The number of fused-ring (bicyclic) bond motifs is 2. The molecule has 0 N–H and O–H groups in total. The average Bonchev–Trinajstić information content (AvgIpc) is 2.56. The molecule has 0 radical (unpaired) electrons. The Bertz CT molecular complexity index is 206. The van der Waals surface area contributed by atoms with Gasteiger partial charge in [0.2, 0.25) is 0 Å². The van der Waals surface area contributed by atoms with Gasteiger partial charge in [-0.25, -0.2) is 0 Å². The summed E-state index contributed by atoms with van der Waals surface area (Å²) in [5.41, 5.74) is 1.31. The van der Waals surface area contributed by atoms with Crippen LogP contribution in [0.4, 0.5) is 0 Å². The van der Waals surface area contributed by atoms with Gasteiger partial charge in [-0.1, -0.05) is 12.2 Å². The molecule has 0 aliphatic heterocycles. The first kappa shape index (κ1) is 8.27. The summed E-state index contributed by atoms with van der Waals surface area (Å²) in [6, 6.07) is 0. The second kappa shape index (κ2) is 2.57. The molecule has 2 bridgehead atoms. The summed E-state index contributed by atoms with van der Waals surface area (Å²) in [4.78, 5) is 0. The normalized spacial score (nSPS) is 37.7. The highest BCUT2D eigenvalue weighted by molar-refractivity contribution is 5.20. The van der Waals surface area contributed by atoms with Crippen LogP contribution in [0.1, 0.15) is 19.3 Å². The van der Waals surface area contributed by atoms with Gasteiger partial charge >= 0.3 is 0 Å². The van der Waals surface area contributed by atoms with Crippen LogP contribution in [0.15, 0.2) is 12.2 Å². The Hall–Kier alpha value is -0.340. The Morgan fingerprint density at radius 3 is 2.25 bits per heavy atom. The summed E-state index contributed by atoms with van der Waals surface area (Å²) in [6.07, 6.45) is 3.50. The molecule has 0 heterocycles. The SMILES string of the molecule is C=C1CC2CCC1C2(OC)OC. The molecule has 2 heteroatoms. The number of hydrogen-bond donors (Lipinski definition) is 0. The van der Waals surface area contributed by atoms with Crippen molar-refractivity contribution in [2.75, 3.05) is 14.2 Å². The lowest BCUT2D eigenvalue weighted by Gasteiger charge is -2.30. The van der Waals surface area contributed by atoms with Gasteiger partial charge in [0.1, 0.15) is 0 Å². The molecule has 68 valence electrons. The topological polar surface area (TPSA) is 18.5 Å². The van der Waals surface area contributed by atoms with Crippen molar-refractivity contribution < 1.29 is 9.47 Å². The van der Waals surface area contributed by atoms with E-state index in [1.165, 1.54) is 18.4 Å². The summed E-state index contributed by atoms with van der Waals surface area (Å²) in [7, 11) is 3.49. The molecule has 0 saturated heterocycles. The second-order valence-corrected chi connectivity index (χ2v) is 3.82. The van der Waals surface area contributed by atoms with Crippen molar-refractivity contribution in [3.05, 3.63) is 12.2 Å². The highest BCUT2D eigenvalue weighted by atomic mass is 16.7. The Kier molecular flexibility index (Phi) is 1.77. The van der Waals surface area contributed by atoms with Crippen molar-refractivity contribution in [1.29, 1.82) is 0 Å². The smallest absolute Gasteiger partial charge is 0.177 e. The molecular formula is C10H16O2. The lowest BCUT2D eigenvalue weighted by atomic mass is 9.96. The van der Waals surface area contributed by atoms with Crippen LogP contribution in [-0.4, -0.2) is 20.0 Å².